The van der Waals surface area contributed by atoms with E-state index in [0.717, 1.165) is 5.56 Å². The van der Waals surface area contributed by atoms with E-state index >= 15 is 0 Å². The molecule has 1 aromatic rings. The van der Waals surface area contributed by atoms with Crippen LogP contribution < -0.4 is 5.73 Å². The van der Waals surface area contributed by atoms with Gasteiger partial charge in [-0.2, -0.15) is 0 Å². The van der Waals surface area contributed by atoms with Crippen molar-refractivity contribution in [2.75, 3.05) is 0 Å². The molecule has 0 radical (unpaired) electrons. The molecule has 0 saturated heterocycles. The highest BCUT2D eigenvalue weighted by Crippen LogP contribution is 2.25. The van der Waals surface area contributed by atoms with E-state index in [2.05, 4.69) is 0 Å². The van der Waals surface area contributed by atoms with E-state index in [9.17, 15) is 8.78 Å². The lowest BCUT2D eigenvalue weighted by atomic mass is 9.93. The van der Waals surface area contributed by atoms with Crippen molar-refractivity contribution in [3.05, 3.63) is 35.4 Å². The minimum atomic E-state index is -2.55. The van der Waals surface area contributed by atoms with Gasteiger partial charge in [-0.3, -0.25) is 0 Å². The molecular formula is C10H13F2N. The van der Waals surface area contributed by atoms with Crippen molar-refractivity contribution in [1.29, 1.82) is 0 Å². The molecule has 0 amide bonds. The first-order valence-corrected chi connectivity index (χ1v) is 4.09. The zero-order valence-corrected chi connectivity index (χ0v) is 7.72. The largest absolute Gasteiger partial charge is 0.317 e. The van der Waals surface area contributed by atoms with Crippen LogP contribution >= 0.6 is 0 Å². The monoisotopic (exact) mass is 185 g/mol. The zero-order valence-electron chi connectivity index (χ0n) is 7.72. The first kappa shape index (κ1) is 10.1. The SMILES string of the molecule is Cc1cccc(C(C)(N)C(F)F)c1. The molecule has 1 nitrogen and oxygen atoms in total. The van der Waals surface area contributed by atoms with Gasteiger partial charge in [-0.15, -0.1) is 0 Å². The fourth-order valence-electron chi connectivity index (χ4n) is 1.11. The maximum Gasteiger partial charge on any atom is 0.260 e. The molecule has 1 rings (SSSR count). The van der Waals surface area contributed by atoms with E-state index in [4.69, 9.17) is 5.73 Å². The lowest BCUT2D eigenvalue weighted by molar-refractivity contribution is 0.0625. The summed E-state index contributed by atoms with van der Waals surface area (Å²) in [6.45, 7) is 3.19. The Labute approximate surface area is 76.6 Å². The van der Waals surface area contributed by atoms with Crippen LogP contribution in [0.25, 0.3) is 0 Å². The highest BCUT2D eigenvalue weighted by atomic mass is 19.3. The fraction of sp³-hybridized carbons (Fsp3) is 0.400. The number of nitrogens with two attached hydrogens (primary N) is 1. The molecule has 1 aromatic carbocycles. The van der Waals surface area contributed by atoms with E-state index in [1.165, 1.54) is 6.92 Å². The summed E-state index contributed by atoms with van der Waals surface area (Å²) in [6.07, 6.45) is -2.55. The van der Waals surface area contributed by atoms with Crippen molar-refractivity contribution in [2.45, 2.75) is 25.8 Å². The van der Waals surface area contributed by atoms with Gasteiger partial charge in [0.1, 0.15) is 0 Å². The summed E-state index contributed by atoms with van der Waals surface area (Å²) in [5, 5.41) is 0. The van der Waals surface area contributed by atoms with Crippen molar-refractivity contribution >= 4 is 0 Å². The molecule has 0 aliphatic heterocycles. The quantitative estimate of drug-likeness (QED) is 0.752. The van der Waals surface area contributed by atoms with Gasteiger partial charge in [0.05, 0.1) is 5.54 Å². The standard InChI is InChI=1S/C10H13F2N/c1-7-4-3-5-8(6-7)10(2,13)9(11)12/h3-6,9H,13H2,1-2H3. The molecule has 0 saturated carbocycles. The van der Waals surface area contributed by atoms with Gasteiger partial charge < -0.3 is 5.73 Å². The van der Waals surface area contributed by atoms with Gasteiger partial charge in [0.15, 0.2) is 0 Å². The topological polar surface area (TPSA) is 26.0 Å². The Morgan fingerprint density at radius 1 is 1.38 bits per heavy atom. The van der Waals surface area contributed by atoms with Crippen LogP contribution in [0.4, 0.5) is 8.78 Å². The molecule has 3 heteroatoms. The highest BCUT2D eigenvalue weighted by molar-refractivity contribution is 5.28. The second-order valence-corrected chi connectivity index (χ2v) is 3.45. The molecule has 0 heterocycles. The molecule has 0 bridgehead atoms. The molecule has 0 aliphatic rings. The molecule has 0 aliphatic carbocycles. The van der Waals surface area contributed by atoms with Gasteiger partial charge in [0, 0.05) is 0 Å². The zero-order chi connectivity index (χ0) is 10.1. The van der Waals surface area contributed by atoms with Crippen molar-refractivity contribution in [3.8, 4) is 0 Å². The number of aryl methyl sites for hydroxylation is 1. The summed E-state index contributed by atoms with van der Waals surface area (Å²) < 4.78 is 25.0. The molecule has 0 fully saturated rings. The van der Waals surface area contributed by atoms with Gasteiger partial charge in [0.25, 0.3) is 6.43 Å². The lowest BCUT2D eigenvalue weighted by Gasteiger charge is -2.24. The third kappa shape index (κ3) is 2.04. The van der Waals surface area contributed by atoms with Gasteiger partial charge in [-0.05, 0) is 19.4 Å². The summed E-state index contributed by atoms with van der Waals surface area (Å²) >= 11 is 0. The third-order valence-corrected chi connectivity index (χ3v) is 2.09. The van der Waals surface area contributed by atoms with Crippen LogP contribution in [0.2, 0.25) is 0 Å². The first-order valence-electron chi connectivity index (χ1n) is 4.09. The number of alkyl halides is 2. The summed E-state index contributed by atoms with van der Waals surface area (Å²) in [5.74, 6) is 0. The summed E-state index contributed by atoms with van der Waals surface area (Å²) in [4.78, 5) is 0. The smallest absolute Gasteiger partial charge is 0.260 e. The molecule has 1 atom stereocenters. The second kappa shape index (κ2) is 3.42. The molecular weight excluding hydrogens is 172 g/mol. The van der Waals surface area contributed by atoms with Crippen LogP contribution in [0.5, 0.6) is 0 Å². The average Bonchev–Trinajstić information content (AvgIpc) is 2.04. The van der Waals surface area contributed by atoms with Crippen molar-refractivity contribution in [2.24, 2.45) is 5.73 Å². The molecule has 72 valence electrons. The Morgan fingerprint density at radius 3 is 2.46 bits per heavy atom. The van der Waals surface area contributed by atoms with E-state index in [1.807, 2.05) is 13.0 Å². The Kier molecular flexibility index (Phi) is 2.66. The Hall–Kier alpha value is -0.960. The van der Waals surface area contributed by atoms with Crippen LogP contribution in [-0.2, 0) is 5.54 Å². The van der Waals surface area contributed by atoms with Gasteiger partial charge in [-0.25, -0.2) is 8.78 Å². The number of benzene rings is 1. The van der Waals surface area contributed by atoms with E-state index in [1.54, 1.807) is 18.2 Å². The van der Waals surface area contributed by atoms with Crippen LogP contribution in [-0.4, -0.2) is 6.43 Å². The maximum absolute atomic E-state index is 12.5. The van der Waals surface area contributed by atoms with Gasteiger partial charge >= 0.3 is 0 Å². The van der Waals surface area contributed by atoms with Crippen molar-refractivity contribution < 1.29 is 8.78 Å². The maximum atomic E-state index is 12.5. The van der Waals surface area contributed by atoms with Crippen LogP contribution in [0, 0.1) is 6.92 Å². The van der Waals surface area contributed by atoms with Crippen molar-refractivity contribution in [1.82, 2.24) is 0 Å². The molecule has 13 heavy (non-hydrogen) atoms. The minimum Gasteiger partial charge on any atom is -0.317 e. The predicted octanol–water partition coefficient (Wildman–Crippen LogP) is 2.43. The van der Waals surface area contributed by atoms with Gasteiger partial charge in [-0.1, -0.05) is 29.8 Å². The summed E-state index contributed by atoms with van der Waals surface area (Å²) in [5.41, 5.74) is 5.36. The molecule has 0 spiro atoms. The normalized spacial score (nSPS) is 15.8. The number of halogens is 2. The van der Waals surface area contributed by atoms with Gasteiger partial charge in [0.2, 0.25) is 0 Å². The fourth-order valence-corrected chi connectivity index (χ4v) is 1.11. The molecule has 0 aromatic heterocycles. The molecule has 2 N–H and O–H groups in total. The Bertz CT molecular complexity index is 295. The van der Waals surface area contributed by atoms with Crippen LogP contribution in [0.15, 0.2) is 24.3 Å². The average molecular weight is 185 g/mol. The summed E-state index contributed by atoms with van der Waals surface area (Å²) in [7, 11) is 0. The first-order chi connectivity index (χ1) is 5.94. The van der Waals surface area contributed by atoms with Crippen molar-refractivity contribution in [3.63, 3.8) is 0 Å². The molecule has 1 unspecified atom stereocenters. The predicted molar refractivity (Wildman–Crippen MR) is 48.7 cm³/mol. The van der Waals surface area contributed by atoms with Crippen LogP contribution in [0.3, 0.4) is 0 Å². The van der Waals surface area contributed by atoms with E-state index in [-0.39, 0.29) is 0 Å². The Balaban J connectivity index is 3.07. The number of hydrogen-bond acceptors (Lipinski definition) is 1. The lowest BCUT2D eigenvalue weighted by Crippen LogP contribution is -2.40. The number of rotatable bonds is 2. The Morgan fingerprint density at radius 2 is 2.00 bits per heavy atom. The minimum absolute atomic E-state index is 0.475. The third-order valence-electron chi connectivity index (χ3n) is 2.09. The highest BCUT2D eigenvalue weighted by Gasteiger charge is 2.32. The summed E-state index contributed by atoms with van der Waals surface area (Å²) in [6, 6.07) is 6.90. The second-order valence-electron chi connectivity index (χ2n) is 3.45. The van der Waals surface area contributed by atoms with Crippen LogP contribution in [0.1, 0.15) is 18.1 Å². The van der Waals surface area contributed by atoms with E-state index in [0.29, 0.717) is 5.56 Å². The number of hydrogen-bond donors (Lipinski definition) is 1. The van der Waals surface area contributed by atoms with E-state index < -0.39 is 12.0 Å².